The molecule has 8 nitrogen and oxygen atoms in total. The molecule has 0 saturated carbocycles. The monoisotopic (exact) mass is 447 g/mol. The normalized spacial score (nSPS) is 10.8. The Morgan fingerprint density at radius 1 is 0.848 bits per heavy atom. The van der Waals surface area contributed by atoms with Crippen molar-refractivity contribution in [2.24, 2.45) is 5.10 Å². The minimum Gasteiger partial charge on any atom is -0.497 e. The average Bonchev–Trinajstić information content (AvgIpc) is 2.86. The van der Waals surface area contributed by atoms with Crippen LogP contribution in [-0.4, -0.2) is 31.7 Å². The summed E-state index contributed by atoms with van der Waals surface area (Å²) in [6.07, 6.45) is 0. The van der Waals surface area contributed by atoms with Crippen LogP contribution in [0.5, 0.6) is 17.2 Å². The summed E-state index contributed by atoms with van der Waals surface area (Å²) < 4.78 is 16.1. The fraction of sp³-hybridized carbons (Fsp3) is 0.160. The second-order valence-electron chi connectivity index (χ2n) is 6.96. The Hall–Kier alpha value is -4.33. The maximum Gasteiger partial charge on any atom is 0.329 e. The van der Waals surface area contributed by atoms with Crippen LogP contribution in [0.25, 0.3) is 0 Å². The molecule has 33 heavy (non-hydrogen) atoms. The van der Waals surface area contributed by atoms with Crippen molar-refractivity contribution in [3.05, 3.63) is 83.9 Å². The SMILES string of the molecule is COc1ccc(NC(=O)C(=O)NN=C(C)c2ccc(OCc3ccccc3)cc2)c(OC)c1. The first-order valence-corrected chi connectivity index (χ1v) is 10.1. The lowest BCUT2D eigenvalue weighted by Gasteiger charge is -2.11. The van der Waals surface area contributed by atoms with Crippen LogP contribution in [-0.2, 0) is 16.2 Å². The van der Waals surface area contributed by atoms with E-state index >= 15 is 0 Å². The number of rotatable bonds is 8. The Bertz CT molecular complexity index is 1130. The number of ether oxygens (including phenoxy) is 3. The molecule has 0 aliphatic heterocycles. The molecule has 3 aromatic rings. The molecule has 0 saturated heterocycles. The molecule has 0 aliphatic rings. The van der Waals surface area contributed by atoms with Crippen LogP contribution in [0.1, 0.15) is 18.1 Å². The molecule has 0 bridgehead atoms. The first-order valence-electron chi connectivity index (χ1n) is 10.1. The lowest BCUT2D eigenvalue weighted by molar-refractivity contribution is -0.136. The first kappa shape index (κ1) is 23.3. The summed E-state index contributed by atoms with van der Waals surface area (Å²) in [5.41, 5.74) is 4.99. The largest absolute Gasteiger partial charge is 0.497 e. The zero-order chi connectivity index (χ0) is 23.6. The molecule has 170 valence electrons. The number of hydrazone groups is 1. The summed E-state index contributed by atoms with van der Waals surface area (Å²) in [5, 5.41) is 6.51. The van der Waals surface area contributed by atoms with Gasteiger partial charge in [-0.15, -0.1) is 0 Å². The van der Waals surface area contributed by atoms with Gasteiger partial charge >= 0.3 is 11.8 Å². The van der Waals surface area contributed by atoms with E-state index in [2.05, 4.69) is 15.8 Å². The number of hydrogen-bond acceptors (Lipinski definition) is 6. The third-order valence-electron chi connectivity index (χ3n) is 4.71. The second kappa shape index (κ2) is 11.3. The summed E-state index contributed by atoms with van der Waals surface area (Å²) >= 11 is 0. The number of nitrogens with zero attached hydrogens (tertiary/aromatic N) is 1. The molecule has 0 aromatic heterocycles. The predicted octanol–water partition coefficient (Wildman–Crippen LogP) is 3.76. The Morgan fingerprint density at radius 2 is 1.55 bits per heavy atom. The molecule has 2 N–H and O–H groups in total. The molecular weight excluding hydrogens is 422 g/mol. The number of carbonyl (C=O) groups is 2. The number of amides is 2. The van der Waals surface area contributed by atoms with Crippen LogP contribution < -0.4 is 25.0 Å². The van der Waals surface area contributed by atoms with Gasteiger partial charge in [-0.3, -0.25) is 9.59 Å². The minimum atomic E-state index is -0.907. The maximum atomic E-state index is 12.2. The van der Waals surface area contributed by atoms with Gasteiger partial charge in [-0.25, -0.2) is 5.43 Å². The zero-order valence-electron chi connectivity index (χ0n) is 18.6. The lowest BCUT2D eigenvalue weighted by atomic mass is 10.1. The highest BCUT2D eigenvalue weighted by molar-refractivity contribution is 6.39. The molecule has 0 atom stereocenters. The van der Waals surface area contributed by atoms with Gasteiger partial charge in [0.15, 0.2) is 0 Å². The second-order valence-corrected chi connectivity index (χ2v) is 6.96. The predicted molar refractivity (Wildman–Crippen MR) is 126 cm³/mol. The number of hydrogen-bond donors (Lipinski definition) is 2. The van der Waals surface area contributed by atoms with Crippen molar-refractivity contribution < 1.29 is 23.8 Å². The topological polar surface area (TPSA) is 98.2 Å². The standard InChI is InChI=1S/C25H25N3O5/c1-17(19-9-11-20(12-10-19)33-16-18-7-5-4-6-8-18)27-28-25(30)24(29)26-22-14-13-21(31-2)15-23(22)32-3/h4-15H,16H2,1-3H3,(H,26,29)(H,28,30). The van der Waals surface area contributed by atoms with Crippen molar-refractivity contribution in [2.75, 3.05) is 19.5 Å². The Balaban J connectivity index is 1.55. The van der Waals surface area contributed by atoms with Gasteiger partial charge in [-0.05, 0) is 54.4 Å². The van der Waals surface area contributed by atoms with Crippen molar-refractivity contribution in [3.63, 3.8) is 0 Å². The van der Waals surface area contributed by atoms with Crippen molar-refractivity contribution in [3.8, 4) is 17.2 Å². The Kier molecular flexibility index (Phi) is 8.02. The molecule has 0 aliphatic carbocycles. The van der Waals surface area contributed by atoms with Crippen molar-refractivity contribution in [2.45, 2.75) is 13.5 Å². The summed E-state index contributed by atoms with van der Waals surface area (Å²) in [6.45, 7) is 2.20. The molecule has 3 rings (SSSR count). The number of anilines is 1. The highest BCUT2D eigenvalue weighted by Crippen LogP contribution is 2.28. The number of nitrogens with one attached hydrogen (secondary N) is 2. The van der Waals surface area contributed by atoms with E-state index in [9.17, 15) is 9.59 Å². The van der Waals surface area contributed by atoms with Crippen molar-refractivity contribution >= 4 is 23.2 Å². The van der Waals surface area contributed by atoms with Crippen LogP contribution in [0.4, 0.5) is 5.69 Å². The van der Waals surface area contributed by atoms with E-state index in [-0.39, 0.29) is 0 Å². The zero-order valence-corrected chi connectivity index (χ0v) is 18.6. The quantitative estimate of drug-likeness (QED) is 0.311. The third-order valence-corrected chi connectivity index (χ3v) is 4.71. The highest BCUT2D eigenvalue weighted by atomic mass is 16.5. The van der Waals surface area contributed by atoms with Gasteiger partial charge in [0, 0.05) is 6.07 Å². The Labute approximate surface area is 192 Å². The lowest BCUT2D eigenvalue weighted by Crippen LogP contribution is -2.33. The molecular formula is C25H25N3O5. The highest BCUT2D eigenvalue weighted by Gasteiger charge is 2.16. The van der Waals surface area contributed by atoms with Crippen LogP contribution >= 0.6 is 0 Å². The number of methoxy groups -OCH3 is 2. The van der Waals surface area contributed by atoms with E-state index in [0.29, 0.717) is 35.3 Å². The maximum absolute atomic E-state index is 12.2. The fourth-order valence-corrected chi connectivity index (χ4v) is 2.86. The molecule has 8 heteroatoms. The van der Waals surface area contributed by atoms with Gasteiger partial charge in [0.2, 0.25) is 0 Å². The van der Waals surface area contributed by atoms with E-state index < -0.39 is 11.8 Å². The summed E-state index contributed by atoms with van der Waals surface area (Å²) in [4.78, 5) is 24.4. The fourth-order valence-electron chi connectivity index (χ4n) is 2.86. The third kappa shape index (κ3) is 6.57. The van der Waals surface area contributed by atoms with Gasteiger partial charge in [-0.2, -0.15) is 5.10 Å². The van der Waals surface area contributed by atoms with Crippen LogP contribution in [0.2, 0.25) is 0 Å². The van der Waals surface area contributed by atoms with Crippen LogP contribution in [0.15, 0.2) is 77.9 Å². The summed E-state index contributed by atoms with van der Waals surface area (Å²) in [6, 6.07) is 22.0. The van der Waals surface area contributed by atoms with E-state index in [1.165, 1.54) is 14.2 Å². The van der Waals surface area contributed by atoms with Gasteiger partial charge < -0.3 is 19.5 Å². The molecule has 0 spiro atoms. The molecule has 0 heterocycles. The minimum absolute atomic E-state index is 0.338. The molecule has 0 unspecified atom stereocenters. The molecule has 0 fully saturated rings. The van der Waals surface area contributed by atoms with Crippen LogP contribution in [0.3, 0.4) is 0 Å². The van der Waals surface area contributed by atoms with Crippen molar-refractivity contribution in [1.82, 2.24) is 5.43 Å². The summed E-state index contributed by atoms with van der Waals surface area (Å²) in [5.74, 6) is -0.141. The van der Waals surface area contributed by atoms with Crippen LogP contribution in [0, 0.1) is 0 Å². The van der Waals surface area contributed by atoms with E-state index in [1.807, 2.05) is 54.6 Å². The van der Waals surface area contributed by atoms with E-state index in [4.69, 9.17) is 14.2 Å². The molecule has 3 aromatic carbocycles. The van der Waals surface area contributed by atoms with Gasteiger partial charge in [-0.1, -0.05) is 30.3 Å². The van der Waals surface area contributed by atoms with Gasteiger partial charge in [0.25, 0.3) is 0 Å². The van der Waals surface area contributed by atoms with E-state index in [0.717, 1.165) is 11.1 Å². The molecule has 2 amide bonds. The molecule has 0 radical (unpaired) electrons. The van der Waals surface area contributed by atoms with Gasteiger partial charge in [0.05, 0.1) is 25.6 Å². The van der Waals surface area contributed by atoms with E-state index in [1.54, 1.807) is 25.1 Å². The Morgan fingerprint density at radius 3 is 2.21 bits per heavy atom. The number of carbonyl (C=O) groups excluding carboxylic acids is 2. The van der Waals surface area contributed by atoms with Gasteiger partial charge in [0.1, 0.15) is 23.9 Å². The summed E-state index contributed by atoms with van der Waals surface area (Å²) in [7, 11) is 2.97. The first-order chi connectivity index (χ1) is 16.0. The number of benzene rings is 3. The van der Waals surface area contributed by atoms with Crippen molar-refractivity contribution in [1.29, 1.82) is 0 Å². The average molecular weight is 447 g/mol. The smallest absolute Gasteiger partial charge is 0.329 e.